The summed E-state index contributed by atoms with van der Waals surface area (Å²) < 4.78 is 1.15. The van der Waals surface area contributed by atoms with Crippen molar-refractivity contribution in [2.24, 2.45) is 0 Å². The maximum atomic E-state index is 11.9. The molecule has 0 radical (unpaired) electrons. The second-order valence-corrected chi connectivity index (χ2v) is 7.51. The van der Waals surface area contributed by atoms with E-state index in [2.05, 4.69) is 10.3 Å². The average Bonchev–Trinajstić information content (AvgIpc) is 2.96. The molecule has 1 amide bonds. The number of para-hydroxylation sites is 1. The summed E-state index contributed by atoms with van der Waals surface area (Å²) in [5.74, 6) is 1.23. The highest BCUT2D eigenvalue weighted by molar-refractivity contribution is 7.99. The first kappa shape index (κ1) is 16.3. The van der Waals surface area contributed by atoms with Crippen molar-refractivity contribution in [1.29, 1.82) is 0 Å². The summed E-state index contributed by atoms with van der Waals surface area (Å²) in [6.07, 6.45) is 0. The minimum absolute atomic E-state index is 0.0243. The molecule has 3 nitrogen and oxygen atoms in total. The van der Waals surface area contributed by atoms with E-state index in [1.807, 2.05) is 48.5 Å². The largest absolute Gasteiger partial charge is 0.349 e. The van der Waals surface area contributed by atoms with Crippen molar-refractivity contribution in [3.8, 4) is 0 Å². The maximum absolute atomic E-state index is 11.9. The molecule has 6 heteroatoms. The number of nitrogens with one attached hydrogen (secondary N) is 1. The summed E-state index contributed by atoms with van der Waals surface area (Å²) >= 11 is 9.13. The maximum Gasteiger partial charge on any atom is 0.230 e. The van der Waals surface area contributed by atoms with Gasteiger partial charge in [0.15, 0.2) is 0 Å². The quantitative estimate of drug-likeness (QED) is 0.702. The van der Waals surface area contributed by atoms with Crippen molar-refractivity contribution in [1.82, 2.24) is 10.3 Å². The molecular weight excluding hydrogens is 348 g/mol. The summed E-state index contributed by atoms with van der Waals surface area (Å²) in [6.45, 7) is 0.482. The Balaban J connectivity index is 1.44. The van der Waals surface area contributed by atoms with Crippen LogP contribution in [0.1, 0.15) is 10.6 Å². The van der Waals surface area contributed by atoms with Crippen LogP contribution in [0.3, 0.4) is 0 Å². The molecule has 0 unspecified atom stereocenters. The van der Waals surface area contributed by atoms with Gasteiger partial charge in [-0.25, -0.2) is 4.98 Å². The number of hydrogen-bond acceptors (Lipinski definition) is 4. The van der Waals surface area contributed by atoms with Crippen LogP contribution in [0, 0.1) is 0 Å². The molecule has 0 atom stereocenters. The van der Waals surface area contributed by atoms with E-state index in [0.29, 0.717) is 12.3 Å². The Morgan fingerprint density at radius 2 is 2.09 bits per heavy atom. The van der Waals surface area contributed by atoms with Gasteiger partial charge in [0.1, 0.15) is 5.01 Å². The Hall–Kier alpha value is -1.56. The van der Waals surface area contributed by atoms with Crippen molar-refractivity contribution >= 4 is 50.8 Å². The molecule has 0 aliphatic carbocycles. The van der Waals surface area contributed by atoms with Crippen LogP contribution in [-0.2, 0) is 17.1 Å². The second kappa shape index (κ2) is 7.81. The molecule has 23 heavy (non-hydrogen) atoms. The van der Waals surface area contributed by atoms with Crippen LogP contribution in [-0.4, -0.2) is 16.6 Å². The summed E-state index contributed by atoms with van der Waals surface area (Å²) in [5.41, 5.74) is 2.11. The molecule has 3 aromatic rings. The van der Waals surface area contributed by atoms with E-state index >= 15 is 0 Å². The van der Waals surface area contributed by atoms with E-state index in [-0.39, 0.29) is 5.91 Å². The van der Waals surface area contributed by atoms with Crippen LogP contribution in [0.15, 0.2) is 48.5 Å². The SMILES string of the molecule is O=C(CSCc1cccc(Cl)c1)NCc1nc2ccccc2s1. The third kappa shape index (κ3) is 4.70. The van der Waals surface area contributed by atoms with Crippen LogP contribution in [0.4, 0.5) is 0 Å². The molecule has 3 rings (SSSR count). The summed E-state index contributed by atoms with van der Waals surface area (Å²) in [6, 6.07) is 15.7. The zero-order chi connectivity index (χ0) is 16.1. The summed E-state index contributed by atoms with van der Waals surface area (Å²) in [4.78, 5) is 16.4. The number of carbonyl (C=O) groups excluding carboxylic acids is 1. The second-order valence-electron chi connectivity index (χ2n) is 4.97. The van der Waals surface area contributed by atoms with E-state index in [9.17, 15) is 4.79 Å². The highest BCUT2D eigenvalue weighted by Crippen LogP contribution is 2.21. The molecular formula is C17H15ClN2OS2. The zero-order valence-electron chi connectivity index (χ0n) is 12.3. The molecule has 0 saturated heterocycles. The number of aromatic nitrogens is 1. The van der Waals surface area contributed by atoms with Crippen molar-refractivity contribution in [2.45, 2.75) is 12.3 Å². The van der Waals surface area contributed by atoms with E-state index in [1.165, 1.54) is 0 Å². The van der Waals surface area contributed by atoms with Crippen molar-refractivity contribution in [2.75, 3.05) is 5.75 Å². The molecule has 0 spiro atoms. The fraction of sp³-hybridized carbons (Fsp3) is 0.176. The van der Waals surface area contributed by atoms with Crippen LogP contribution in [0.25, 0.3) is 10.2 Å². The van der Waals surface area contributed by atoms with Crippen molar-refractivity contribution in [3.63, 3.8) is 0 Å². The third-order valence-electron chi connectivity index (χ3n) is 3.17. The highest BCUT2D eigenvalue weighted by Gasteiger charge is 2.06. The highest BCUT2D eigenvalue weighted by atomic mass is 35.5. The average molecular weight is 363 g/mol. The number of hydrogen-bond donors (Lipinski definition) is 1. The van der Waals surface area contributed by atoms with Gasteiger partial charge in [-0.05, 0) is 29.8 Å². The summed E-state index contributed by atoms with van der Waals surface area (Å²) in [5, 5.41) is 4.57. The van der Waals surface area contributed by atoms with Crippen molar-refractivity contribution in [3.05, 3.63) is 64.1 Å². The van der Waals surface area contributed by atoms with Crippen molar-refractivity contribution < 1.29 is 4.79 Å². The molecule has 0 aliphatic heterocycles. The Morgan fingerprint density at radius 1 is 1.22 bits per heavy atom. The van der Waals surface area contributed by atoms with Gasteiger partial charge in [0.2, 0.25) is 5.91 Å². The lowest BCUT2D eigenvalue weighted by Crippen LogP contribution is -2.24. The Kier molecular flexibility index (Phi) is 5.54. The first-order valence-electron chi connectivity index (χ1n) is 7.14. The Labute approximate surface area is 148 Å². The molecule has 0 bridgehead atoms. The number of fused-ring (bicyclic) bond motifs is 1. The number of carbonyl (C=O) groups is 1. The van der Waals surface area contributed by atoms with Gasteiger partial charge >= 0.3 is 0 Å². The predicted octanol–water partition coefficient (Wildman–Crippen LogP) is 4.50. The van der Waals surface area contributed by atoms with Gasteiger partial charge in [0, 0.05) is 10.8 Å². The molecule has 1 aromatic heterocycles. The lowest BCUT2D eigenvalue weighted by atomic mass is 10.2. The van der Waals surface area contributed by atoms with Gasteiger partial charge in [0.25, 0.3) is 0 Å². The summed E-state index contributed by atoms with van der Waals surface area (Å²) in [7, 11) is 0. The molecule has 118 valence electrons. The fourth-order valence-electron chi connectivity index (χ4n) is 2.11. The zero-order valence-corrected chi connectivity index (χ0v) is 14.7. The van der Waals surface area contributed by atoms with Crippen LogP contribution < -0.4 is 5.32 Å². The topological polar surface area (TPSA) is 42.0 Å². The van der Waals surface area contributed by atoms with Gasteiger partial charge < -0.3 is 5.32 Å². The van der Waals surface area contributed by atoms with Gasteiger partial charge in [-0.15, -0.1) is 23.1 Å². The van der Waals surface area contributed by atoms with Crippen LogP contribution >= 0.6 is 34.7 Å². The Morgan fingerprint density at radius 3 is 2.91 bits per heavy atom. The molecule has 2 aromatic carbocycles. The lowest BCUT2D eigenvalue weighted by molar-refractivity contribution is -0.118. The van der Waals surface area contributed by atoms with Gasteiger partial charge in [-0.1, -0.05) is 35.9 Å². The number of halogens is 1. The first-order valence-corrected chi connectivity index (χ1v) is 9.49. The number of nitrogens with zero attached hydrogens (tertiary/aromatic N) is 1. The van der Waals surface area contributed by atoms with Gasteiger partial charge in [-0.2, -0.15) is 0 Å². The molecule has 1 heterocycles. The molecule has 0 fully saturated rings. The monoisotopic (exact) mass is 362 g/mol. The number of rotatable bonds is 6. The number of benzene rings is 2. The van der Waals surface area contributed by atoms with Crippen LogP contribution in [0.5, 0.6) is 0 Å². The standard InChI is InChI=1S/C17H15ClN2OS2/c18-13-5-3-4-12(8-13)10-22-11-16(21)19-9-17-20-14-6-1-2-7-15(14)23-17/h1-8H,9-11H2,(H,19,21). The van der Waals surface area contributed by atoms with Gasteiger partial charge in [-0.3, -0.25) is 4.79 Å². The number of thioether (sulfide) groups is 1. The number of thiazole rings is 1. The minimum atomic E-state index is 0.0243. The molecule has 1 N–H and O–H groups in total. The van der Waals surface area contributed by atoms with E-state index in [0.717, 1.165) is 31.6 Å². The van der Waals surface area contributed by atoms with Gasteiger partial charge in [0.05, 0.1) is 22.5 Å². The minimum Gasteiger partial charge on any atom is -0.349 e. The molecule has 0 aliphatic rings. The fourth-order valence-corrected chi connectivity index (χ4v) is 4.03. The van der Waals surface area contributed by atoms with Crippen LogP contribution in [0.2, 0.25) is 5.02 Å². The van der Waals surface area contributed by atoms with E-state index in [1.54, 1.807) is 23.1 Å². The lowest BCUT2D eigenvalue weighted by Gasteiger charge is -2.04. The number of amides is 1. The Bertz CT molecular complexity index is 786. The van der Waals surface area contributed by atoms with E-state index in [4.69, 9.17) is 11.6 Å². The normalized spacial score (nSPS) is 10.8. The smallest absolute Gasteiger partial charge is 0.230 e. The third-order valence-corrected chi connectivity index (χ3v) is 5.44. The first-order chi connectivity index (χ1) is 11.2. The molecule has 0 saturated carbocycles. The van der Waals surface area contributed by atoms with E-state index < -0.39 is 0 Å². The predicted molar refractivity (Wildman–Crippen MR) is 99.1 cm³/mol.